The number of rotatable bonds is 8. The normalized spacial score (nSPS) is 10.9. The third-order valence-electron chi connectivity index (χ3n) is 5.12. The summed E-state index contributed by atoms with van der Waals surface area (Å²) in [6.45, 7) is -0.327. The first-order valence-corrected chi connectivity index (χ1v) is 11.5. The maximum absolute atomic E-state index is 12.7. The molecule has 182 valence electrons. The highest BCUT2D eigenvalue weighted by molar-refractivity contribution is 6.42. The number of amides is 1. The Morgan fingerprint density at radius 3 is 2.47 bits per heavy atom. The lowest BCUT2D eigenvalue weighted by atomic mass is 10.0. The van der Waals surface area contributed by atoms with Crippen LogP contribution in [0.2, 0.25) is 10.0 Å². The van der Waals surface area contributed by atoms with Crippen LogP contribution in [0.1, 0.15) is 15.9 Å². The molecule has 9 heteroatoms. The molecule has 0 spiro atoms. The molecule has 0 radical (unpaired) electrons. The molecule has 0 saturated heterocycles. The number of hydrogen-bond donors (Lipinski definition) is 1. The van der Waals surface area contributed by atoms with Gasteiger partial charge in [0.05, 0.1) is 23.9 Å². The first kappa shape index (κ1) is 25.0. The van der Waals surface area contributed by atoms with Crippen molar-refractivity contribution in [2.24, 2.45) is 5.10 Å². The number of nitrogens with one attached hydrogen (secondary N) is 1. The molecule has 4 aromatic carbocycles. The number of ether oxygens (including phenoxy) is 3. The molecule has 1 N–H and O–H groups in total. The van der Waals surface area contributed by atoms with Crippen molar-refractivity contribution in [3.63, 3.8) is 0 Å². The molecule has 0 aliphatic heterocycles. The van der Waals surface area contributed by atoms with Crippen molar-refractivity contribution in [1.82, 2.24) is 5.43 Å². The Bertz CT molecular complexity index is 1440. The minimum Gasteiger partial charge on any atom is -0.497 e. The number of benzene rings is 4. The van der Waals surface area contributed by atoms with E-state index in [0.717, 1.165) is 10.8 Å². The smallest absolute Gasteiger partial charge is 0.343 e. The largest absolute Gasteiger partial charge is 0.497 e. The van der Waals surface area contributed by atoms with Crippen LogP contribution in [0, 0.1) is 0 Å². The van der Waals surface area contributed by atoms with E-state index in [1.54, 1.807) is 55.6 Å². The highest BCUT2D eigenvalue weighted by Crippen LogP contribution is 2.31. The van der Waals surface area contributed by atoms with Crippen molar-refractivity contribution in [3.05, 3.63) is 100 Å². The van der Waals surface area contributed by atoms with Gasteiger partial charge in [0.15, 0.2) is 6.61 Å². The van der Waals surface area contributed by atoms with E-state index in [1.165, 1.54) is 6.21 Å². The lowest BCUT2D eigenvalue weighted by Crippen LogP contribution is -2.24. The second-order valence-corrected chi connectivity index (χ2v) is 8.24. The summed E-state index contributed by atoms with van der Waals surface area (Å²) in [5.41, 5.74) is 3.28. The summed E-state index contributed by atoms with van der Waals surface area (Å²) >= 11 is 12.0. The number of esters is 1. The predicted octanol–water partition coefficient (Wildman–Crippen LogP) is 5.90. The summed E-state index contributed by atoms with van der Waals surface area (Å²) in [5.74, 6) is 0.139. The monoisotopic (exact) mass is 522 g/mol. The summed E-state index contributed by atoms with van der Waals surface area (Å²) < 4.78 is 16.2. The first-order valence-electron chi connectivity index (χ1n) is 10.7. The summed E-state index contributed by atoms with van der Waals surface area (Å²) in [4.78, 5) is 25.0. The summed E-state index contributed by atoms with van der Waals surface area (Å²) in [6.07, 6.45) is 1.42. The first-order chi connectivity index (χ1) is 17.5. The van der Waals surface area contributed by atoms with Crippen molar-refractivity contribution in [1.29, 1.82) is 0 Å². The Balaban J connectivity index is 1.50. The van der Waals surface area contributed by atoms with Crippen LogP contribution in [0.3, 0.4) is 0 Å². The molecule has 4 aromatic rings. The predicted molar refractivity (Wildman–Crippen MR) is 140 cm³/mol. The third kappa shape index (κ3) is 5.94. The Hall–Kier alpha value is -4.07. The zero-order valence-corrected chi connectivity index (χ0v) is 20.5. The molecule has 0 atom stereocenters. The third-order valence-corrected chi connectivity index (χ3v) is 5.92. The Morgan fingerprint density at radius 2 is 1.69 bits per heavy atom. The summed E-state index contributed by atoms with van der Waals surface area (Å²) in [5, 5.41) is 6.27. The van der Waals surface area contributed by atoms with Crippen LogP contribution in [0.4, 0.5) is 0 Å². The van der Waals surface area contributed by atoms with Crippen molar-refractivity contribution in [2.75, 3.05) is 13.7 Å². The molecule has 1 amide bonds. The van der Waals surface area contributed by atoms with Crippen LogP contribution in [0.5, 0.6) is 17.2 Å². The van der Waals surface area contributed by atoms with Crippen LogP contribution in [-0.4, -0.2) is 31.8 Å². The molecule has 0 bridgehead atoms. The molecule has 0 heterocycles. The molecule has 0 fully saturated rings. The quantitative estimate of drug-likeness (QED) is 0.135. The lowest BCUT2D eigenvalue weighted by Gasteiger charge is -2.11. The Morgan fingerprint density at radius 1 is 0.917 bits per heavy atom. The standard InChI is InChI=1S/C27H20Cl2N2O5/c1-34-19-12-9-18(10-13-19)27(33)36-23-14-11-17-5-2-3-6-20(17)21(23)15-30-31-25(32)16-35-24-8-4-7-22(28)26(24)29/h2-15H,16H2,1H3,(H,31,32). The van der Waals surface area contributed by atoms with E-state index in [1.807, 2.05) is 30.3 Å². The molecule has 0 aliphatic rings. The van der Waals surface area contributed by atoms with E-state index in [2.05, 4.69) is 10.5 Å². The lowest BCUT2D eigenvalue weighted by molar-refractivity contribution is -0.123. The molecule has 4 rings (SSSR count). The highest BCUT2D eigenvalue weighted by Gasteiger charge is 2.14. The van der Waals surface area contributed by atoms with Gasteiger partial charge in [-0.1, -0.05) is 59.6 Å². The Kier molecular flexibility index (Phi) is 8.05. The average molecular weight is 523 g/mol. The van der Waals surface area contributed by atoms with Crippen LogP contribution < -0.4 is 19.6 Å². The fourth-order valence-corrected chi connectivity index (χ4v) is 3.67. The number of hydrogen-bond acceptors (Lipinski definition) is 6. The van der Waals surface area contributed by atoms with E-state index < -0.39 is 11.9 Å². The summed E-state index contributed by atoms with van der Waals surface area (Å²) in [7, 11) is 1.55. The fourth-order valence-electron chi connectivity index (χ4n) is 3.32. The van der Waals surface area contributed by atoms with Gasteiger partial charge in [-0.3, -0.25) is 4.79 Å². The van der Waals surface area contributed by atoms with E-state index in [9.17, 15) is 9.59 Å². The number of fused-ring (bicyclic) bond motifs is 1. The van der Waals surface area contributed by atoms with Gasteiger partial charge in [-0.2, -0.15) is 5.10 Å². The number of carbonyl (C=O) groups is 2. The van der Waals surface area contributed by atoms with E-state index >= 15 is 0 Å². The number of hydrazone groups is 1. The van der Waals surface area contributed by atoms with Gasteiger partial charge in [0.2, 0.25) is 0 Å². The van der Waals surface area contributed by atoms with Crippen LogP contribution in [0.15, 0.2) is 84.0 Å². The number of methoxy groups -OCH3 is 1. The van der Waals surface area contributed by atoms with E-state index in [4.69, 9.17) is 37.4 Å². The second kappa shape index (κ2) is 11.6. The van der Waals surface area contributed by atoms with Crippen LogP contribution in [-0.2, 0) is 4.79 Å². The molecular weight excluding hydrogens is 503 g/mol. The van der Waals surface area contributed by atoms with Crippen LogP contribution in [0.25, 0.3) is 10.8 Å². The Labute approximate surface area is 217 Å². The van der Waals surface area contributed by atoms with Gasteiger partial charge in [0.1, 0.15) is 22.3 Å². The molecule has 36 heavy (non-hydrogen) atoms. The maximum atomic E-state index is 12.7. The zero-order valence-electron chi connectivity index (χ0n) is 19.0. The van der Waals surface area contributed by atoms with Crippen molar-refractivity contribution >= 4 is 52.1 Å². The molecule has 0 unspecified atom stereocenters. The van der Waals surface area contributed by atoms with Gasteiger partial charge in [-0.05, 0) is 53.2 Å². The topological polar surface area (TPSA) is 86.2 Å². The number of halogens is 2. The number of nitrogens with zero attached hydrogens (tertiary/aromatic N) is 1. The fraction of sp³-hybridized carbons (Fsp3) is 0.0741. The van der Waals surface area contributed by atoms with Crippen molar-refractivity contribution in [2.45, 2.75) is 0 Å². The van der Waals surface area contributed by atoms with Gasteiger partial charge in [-0.15, -0.1) is 0 Å². The van der Waals surface area contributed by atoms with E-state index in [0.29, 0.717) is 21.9 Å². The minimum absolute atomic E-state index is 0.217. The van der Waals surface area contributed by atoms with Gasteiger partial charge >= 0.3 is 5.97 Å². The molecule has 7 nitrogen and oxygen atoms in total. The molecule has 0 aliphatic carbocycles. The SMILES string of the molecule is COc1ccc(C(=O)Oc2ccc3ccccc3c2C=NNC(=O)COc2cccc(Cl)c2Cl)cc1. The minimum atomic E-state index is -0.543. The maximum Gasteiger partial charge on any atom is 0.343 e. The highest BCUT2D eigenvalue weighted by atomic mass is 35.5. The number of carbonyl (C=O) groups excluding carboxylic acids is 2. The zero-order chi connectivity index (χ0) is 25.5. The van der Waals surface area contributed by atoms with Gasteiger partial charge in [-0.25, -0.2) is 10.2 Å². The summed E-state index contributed by atoms with van der Waals surface area (Å²) in [6, 6.07) is 22.5. The molecule has 0 saturated carbocycles. The van der Waals surface area contributed by atoms with Crippen LogP contribution >= 0.6 is 23.2 Å². The van der Waals surface area contributed by atoms with E-state index in [-0.39, 0.29) is 23.1 Å². The molecule has 0 aromatic heterocycles. The van der Waals surface area contributed by atoms with Gasteiger partial charge in [0.25, 0.3) is 5.91 Å². The van der Waals surface area contributed by atoms with Gasteiger partial charge < -0.3 is 14.2 Å². The second-order valence-electron chi connectivity index (χ2n) is 7.45. The average Bonchev–Trinajstić information content (AvgIpc) is 2.90. The van der Waals surface area contributed by atoms with Gasteiger partial charge in [0, 0.05) is 5.56 Å². The van der Waals surface area contributed by atoms with Crippen molar-refractivity contribution < 1.29 is 23.8 Å². The molecular formula is C27H20Cl2N2O5. The van der Waals surface area contributed by atoms with Crippen molar-refractivity contribution in [3.8, 4) is 17.2 Å².